The Morgan fingerprint density at radius 2 is 1.86 bits per heavy atom. The van der Waals surface area contributed by atoms with E-state index in [1.54, 1.807) is 13.0 Å². The summed E-state index contributed by atoms with van der Waals surface area (Å²) in [6.07, 6.45) is -3.36. The van der Waals surface area contributed by atoms with Crippen LogP contribution in [0.3, 0.4) is 0 Å². The van der Waals surface area contributed by atoms with Crippen LogP contribution in [0.5, 0.6) is 0 Å². The summed E-state index contributed by atoms with van der Waals surface area (Å²) in [5, 5.41) is -0.255. The minimum Gasteiger partial charge on any atom is -0.466 e. The molecular formula is C24H26ClF3N2O5S. The Bertz CT molecular complexity index is 1190. The summed E-state index contributed by atoms with van der Waals surface area (Å²) in [4.78, 5) is 26.3. The number of anilines is 1. The van der Waals surface area contributed by atoms with E-state index in [0.29, 0.717) is 29.8 Å². The quantitative estimate of drug-likeness (QED) is 0.446. The molecule has 1 aliphatic rings. The summed E-state index contributed by atoms with van der Waals surface area (Å²) in [5.74, 6) is -1.17. The maximum Gasteiger partial charge on any atom is 0.416 e. The van der Waals surface area contributed by atoms with Gasteiger partial charge in [-0.15, -0.1) is 0 Å². The highest BCUT2D eigenvalue weighted by Crippen LogP contribution is 2.37. The molecule has 1 atom stereocenters. The van der Waals surface area contributed by atoms with E-state index in [0.717, 1.165) is 12.1 Å². The Balaban J connectivity index is 1.94. The van der Waals surface area contributed by atoms with Gasteiger partial charge in [-0.25, -0.2) is 8.42 Å². The Labute approximate surface area is 212 Å². The number of carbonyl (C=O) groups excluding carboxylic acids is 2. The molecule has 0 aromatic heterocycles. The topological polar surface area (TPSA) is 84.0 Å². The van der Waals surface area contributed by atoms with Crippen LogP contribution < -0.4 is 4.31 Å². The summed E-state index contributed by atoms with van der Waals surface area (Å²) >= 11 is 6.16. The molecule has 7 nitrogen and oxygen atoms in total. The van der Waals surface area contributed by atoms with Gasteiger partial charge in [0.25, 0.3) is 10.0 Å². The lowest BCUT2D eigenvalue weighted by Gasteiger charge is -2.34. The van der Waals surface area contributed by atoms with Crippen molar-refractivity contribution in [2.75, 3.05) is 30.5 Å². The molecule has 2 aromatic carbocycles. The van der Waals surface area contributed by atoms with Gasteiger partial charge in [-0.05, 0) is 56.0 Å². The Kier molecular flexibility index (Phi) is 8.89. The van der Waals surface area contributed by atoms with E-state index >= 15 is 0 Å². The highest BCUT2D eigenvalue weighted by atomic mass is 35.5. The molecule has 0 aliphatic carbocycles. The van der Waals surface area contributed by atoms with E-state index in [-0.39, 0.29) is 41.4 Å². The van der Waals surface area contributed by atoms with E-state index in [4.69, 9.17) is 16.3 Å². The lowest BCUT2D eigenvalue weighted by Crippen LogP contribution is -2.47. The molecule has 1 heterocycles. The molecule has 1 amide bonds. The fraction of sp³-hybridized carbons (Fsp3) is 0.417. The summed E-state index contributed by atoms with van der Waals surface area (Å²) in [5.41, 5.74) is -1.56. The molecule has 0 bridgehead atoms. The first-order chi connectivity index (χ1) is 16.9. The summed E-state index contributed by atoms with van der Waals surface area (Å²) < 4.78 is 72.8. The number of alkyl halides is 3. The number of esters is 1. The van der Waals surface area contributed by atoms with Crippen LogP contribution >= 0.6 is 11.6 Å². The van der Waals surface area contributed by atoms with Crippen LogP contribution in [-0.2, 0) is 30.5 Å². The third kappa shape index (κ3) is 6.70. The molecule has 0 radical (unpaired) electrons. The molecule has 196 valence electrons. The Morgan fingerprint density at radius 1 is 1.17 bits per heavy atom. The lowest BCUT2D eigenvalue weighted by molar-refractivity contribution is -0.145. The average Bonchev–Trinajstić information content (AvgIpc) is 2.83. The van der Waals surface area contributed by atoms with Gasteiger partial charge in [-0.3, -0.25) is 13.9 Å². The molecule has 1 saturated heterocycles. The third-order valence-electron chi connectivity index (χ3n) is 5.78. The molecule has 12 heteroatoms. The molecule has 2 aromatic rings. The number of hydrogen-bond donors (Lipinski definition) is 0. The predicted octanol–water partition coefficient (Wildman–Crippen LogP) is 4.75. The molecule has 36 heavy (non-hydrogen) atoms. The minimum atomic E-state index is -4.75. The molecule has 1 unspecified atom stereocenters. The first-order valence-corrected chi connectivity index (χ1v) is 13.1. The number of piperidine rings is 1. The van der Waals surface area contributed by atoms with Gasteiger partial charge in [0, 0.05) is 13.1 Å². The van der Waals surface area contributed by atoms with Gasteiger partial charge in [0.1, 0.15) is 6.54 Å². The van der Waals surface area contributed by atoms with Crippen molar-refractivity contribution < 1.29 is 35.9 Å². The fourth-order valence-electron chi connectivity index (χ4n) is 4.04. The van der Waals surface area contributed by atoms with Crippen molar-refractivity contribution in [3.63, 3.8) is 0 Å². The number of halogens is 4. The minimum absolute atomic E-state index is 0.114. The van der Waals surface area contributed by atoms with Gasteiger partial charge in [0.15, 0.2) is 0 Å². The van der Waals surface area contributed by atoms with E-state index in [9.17, 15) is 31.2 Å². The van der Waals surface area contributed by atoms with Gasteiger partial charge in [0.05, 0.1) is 34.2 Å². The molecule has 1 aliphatic heterocycles. The summed E-state index contributed by atoms with van der Waals surface area (Å²) in [7, 11) is -4.45. The molecule has 0 spiro atoms. The van der Waals surface area contributed by atoms with Crippen molar-refractivity contribution >= 4 is 39.2 Å². The summed E-state index contributed by atoms with van der Waals surface area (Å²) in [6, 6.07) is 9.39. The number of likely N-dealkylation sites (tertiary alicyclic amines) is 1. The normalized spacial score (nSPS) is 16.5. The number of ether oxygens (including phenoxy) is 1. The van der Waals surface area contributed by atoms with Crippen molar-refractivity contribution in [2.24, 2.45) is 5.92 Å². The number of nitrogens with zero attached hydrogens (tertiary/aromatic N) is 2. The van der Waals surface area contributed by atoms with Crippen molar-refractivity contribution in [1.29, 1.82) is 0 Å². The van der Waals surface area contributed by atoms with E-state index in [2.05, 4.69) is 0 Å². The van der Waals surface area contributed by atoms with E-state index in [1.165, 1.54) is 29.2 Å². The largest absolute Gasteiger partial charge is 0.466 e. The number of amides is 1. The maximum absolute atomic E-state index is 13.5. The number of carbonyl (C=O) groups is 2. The standard InChI is InChI=1S/C24H26ClF3N2O5S/c1-2-35-23(32)13-17-7-6-12-29(15-17)22(31)16-30(36(33,34)19-8-4-3-5-9-19)21-14-18(24(26,27)28)10-11-20(21)25/h3-5,8-11,14,17H,2,6-7,12-13,15-16H2,1H3. The predicted molar refractivity (Wildman–Crippen MR) is 128 cm³/mol. The zero-order chi connectivity index (χ0) is 26.5. The maximum atomic E-state index is 13.5. The Morgan fingerprint density at radius 3 is 2.50 bits per heavy atom. The van der Waals surface area contributed by atoms with Crippen LogP contribution in [0.15, 0.2) is 53.4 Å². The monoisotopic (exact) mass is 546 g/mol. The second kappa shape index (κ2) is 11.5. The van der Waals surface area contributed by atoms with Gasteiger partial charge in [-0.1, -0.05) is 29.8 Å². The second-order valence-electron chi connectivity index (χ2n) is 8.35. The highest BCUT2D eigenvalue weighted by molar-refractivity contribution is 7.92. The van der Waals surface area contributed by atoms with Gasteiger partial charge in [0.2, 0.25) is 5.91 Å². The van der Waals surface area contributed by atoms with E-state index in [1.807, 2.05) is 0 Å². The van der Waals surface area contributed by atoms with Gasteiger partial charge in [-0.2, -0.15) is 13.2 Å². The zero-order valence-corrected chi connectivity index (χ0v) is 21.1. The van der Waals surface area contributed by atoms with Crippen LogP contribution in [0.2, 0.25) is 5.02 Å². The highest BCUT2D eigenvalue weighted by Gasteiger charge is 2.36. The molecular weight excluding hydrogens is 521 g/mol. The zero-order valence-electron chi connectivity index (χ0n) is 19.5. The van der Waals surface area contributed by atoms with Crippen molar-refractivity contribution in [3.8, 4) is 0 Å². The first kappa shape index (κ1) is 27.8. The van der Waals surface area contributed by atoms with Crippen LogP contribution in [0, 0.1) is 5.92 Å². The number of hydrogen-bond acceptors (Lipinski definition) is 5. The molecule has 3 rings (SSSR count). The molecule has 1 fully saturated rings. The van der Waals surface area contributed by atoms with Crippen molar-refractivity contribution in [2.45, 2.75) is 37.3 Å². The average molecular weight is 547 g/mol. The SMILES string of the molecule is CCOC(=O)CC1CCCN(C(=O)CN(c2cc(C(F)(F)F)ccc2Cl)S(=O)(=O)c2ccccc2)C1. The molecule has 0 N–H and O–H groups in total. The van der Waals surface area contributed by atoms with Gasteiger partial charge >= 0.3 is 12.1 Å². The number of sulfonamides is 1. The summed E-state index contributed by atoms with van der Waals surface area (Å²) in [6.45, 7) is 1.69. The number of benzene rings is 2. The van der Waals surface area contributed by atoms with Gasteiger partial charge < -0.3 is 9.64 Å². The van der Waals surface area contributed by atoms with Crippen LogP contribution in [0.25, 0.3) is 0 Å². The fourth-order valence-corrected chi connectivity index (χ4v) is 5.75. The Hall–Kier alpha value is -2.79. The third-order valence-corrected chi connectivity index (χ3v) is 7.88. The second-order valence-corrected chi connectivity index (χ2v) is 10.6. The lowest BCUT2D eigenvalue weighted by atomic mass is 9.95. The van der Waals surface area contributed by atoms with Crippen LogP contribution in [0.1, 0.15) is 31.7 Å². The molecule has 0 saturated carbocycles. The van der Waals surface area contributed by atoms with Crippen LogP contribution in [0.4, 0.5) is 18.9 Å². The van der Waals surface area contributed by atoms with Crippen LogP contribution in [-0.4, -0.2) is 51.4 Å². The number of rotatable bonds is 8. The first-order valence-electron chi connectivity index (χ1n) is 11.3. The van der Waals surface area contributed by atoms with Crippen molar-refractivity contribution in [3.05, 3.63) is 59.1 Å². The smallest absolute Gasteiger partial charge is 0.416 e. The van der Waals surface area contributed by atoms with Crippen molar-refractivity contribution in [1.82, 2.24) is 4.90 Å². The van der Waals surface area contributed by atoms with E-state index < -0.39 is 39.9 Å².